The van der Waals surface area contributed by atoms with E-state index < -0.39 is 17.9 Å². The van der Waals surface area contributed by atoms with E-state index in [9.17, 15) is 30.2 Å². The number of ether oxygens (including phenoxy) is 3. The maximum Gasteiger partial charge on any atom is 0.349 e. The van der Waals surface area contributed by atoms with Crippen LogP contribution < -0.4 is 0 Å². The number of carbonyl (C=O) groups is 3. The summed E-state index contributed by atoms with van der Waals surface area (Å²) in [6.07, 6.45) is 0.0143. The predicted molar refractivity (Wildman–Crippen MR) is 152 cm³/mol. The first-order chi connectivity index (χ1) is 20.4. The Labute approximate surface area is 242 Å². The fourth-order valence-electron chi connectivity index (χ4n) is 5.21. The first-order valence-corrected chi connectivity index (χ1v) is 13.2. The van der Waals surface area contributed by atoms with Crippen molar-refractivity contribution in [3.63, 3.8) is 0 Å². The highest BCUT2D eigenvalue weighted by atomic mass is 16.5. The molecule has 2 aliphatic rings. The zero-order chi connectivity index (χ0) is 30.4. The van der Waals surface area contributed by atoms with Crippen LogP contribution in [0.3, 0.4) is 0 Å². The maximum absolute atomic E-state index is 13.1. The van der Waals surface area contributed by atoms with Crippen molar-refractivity contribution < 1.29 is 28.6 Å². The van der Waals surface area contributed by atoms with Crippen molar-refractivity contribution in [2.24, 2.45) is 0 Å². The van der Waals surface area contributed by atoms with Crippen molar-refractivity contribution in [3.8, 4) is 18.2 Å². The second-order valence-corrected chi connectivity index (χ2v) is 8.97. The molecular formula is C33H25N3O6. The van der Waals surface area contributed by atoms with Gasteiger partial charge in [-0.2, -0.15) is 15.8 Å². The number of nitrogens with zero attached hydrogens (tertiary/aromatic N) is 3. The molecule has 0 atom stereocenters. The second kappa shape index (κ2) is 12.6. The van der Waals surface area contributed by atoms with E-state index in [0.717, 1.165) is 0 Å². The lowest BCUT2D eigenvalue weighted by Crippen LogP contribution is -2.10. The summed E-state index contributed by atoms with van der Waals surface area (Å²) in [5.41, 5.74) is 2.76. The lowest BCUT2D eigenvalue weighted by Gasteiger charge is -2.14. The number of rotatable bonds is 6. The van der Waals surface area contributed by atoms with Crippen LogP contribution in [0.25, 0.3) is 22.3 Å². The van der Waals surface area contributed by atoms with Crippen LogP contribution in [0.1, 0.15) is 49.4 Å². The fourth-order valence-corrected chi connectivity index (χ4v) is 5.21. The molecule has 208 valence electrons. The third kappa shape index (κ3) is 4.98. The van der Waals surface area contributed by atoms with E-state index in [0.29, 0.717) is 33.4 Å². The van der Waals surface area contributed by atoms with Crippen LogP contribution in [0, 0.1) is 34.0 Å². The molecule has 4 rings (SSSR count). The van der Waals surface area contributed by atoms with Gasteiger partial charge in [-0.25, -0.2) is 14.4 Å². The topological polar surface area (TPSA) is 150 Å². The molecular weight excluding hydrogens is 534 g/mol. The summed E-state index contributed by atoms with van der Waals surface area (Å²) in [7, 11) is 0. The van der Waals surface area contributed by atoms with Crippen LogP contribution >= 0.6 is 0 Å². The van der Waals surface area contributed by atoms with Gasteiger partial charge < -0.3 is 14.2 Å². The molecule has 0 fully saturated rings. The number of benzene rings is 2. The highest BCUT2D eigenvalue weighted by Crippen LogP contribution is 2.55. The summed E-state index contributed by atoms with van der Waals surface area (Å²) in [6.45, 7) is 4.96. The number of nitriles is 3. The number of esters is 3. The molecule has 2 aromatic rings. The van der Waals surface area contributed by atoms with Gasteiger partial charge >= 0.3 is 17.9 Å². The Morgan fingerprint density at radius 2 is 1.00 bits per heavy atom. The van der Waals surface area contributed by atoms with E-state index in [1.165, 1.54) is 0 Å². The molecule has 0 saturated carbocycles. The monoisotopic (exact) mass is 559 g/mol. The van der Waals surface area contributed by atoms with Crippen LogP contribution in [0.5, 0.6) is 0 Å². The van der Waals surface area contributed by atoms with Gasteiger partial charge in [-0.05, 0) is 59.7 Å². The maximum atomic E-state index is 13.1. The van der Waals surface area contributed by atoms with E-state index in [2.05, 4.69) is 0 Å². The summed E-state index contributed by atoms with van der Waals surface area (Å²) in [4.78, 5) is 39.0. The average molecular weight is 560 g/mol. The highest BCUT2D eigenvalue weighted by Gasteiger charge is 2.40. The van der Waals surface area contributed by atoms with Crippen LogP contribution in [0.4, 0.5) is 0 Å². The van der Waals surface area contributed by atoms with Crippen LogP contribution in [0.2, 0.25) is 0 Å². The van der Waals surface area contributed by atoms with Crippen molar-refractivity contribution >= 4 is 40.2 Å². The van der Waals surface area contributed by atoms with Gasteiger partial charge in [0.25, 0.3) is 0 Å². The highest BCUT2D eigenvalue weighted by molar-refractivity contribution is 6.25. The van der Waals surface area contributed by atoms with Gasteiger partial charge in [-0.15, -0.1) is 0 Å². The van der Waals surface area contributed by atoms with E-state index in [1.807, 2.05) is 18.2 Å². The second-order valence-electron chi connectivity index (χ2n) is 8.97. The molecule has 42 heavy (non-hydrogen) atoms. The molecule has 0 saturated heterocycles. The number of allylic oxidation sites excluding steroid dienone is 5. The SMILES string of the molecule is CCOC(=O)\C(C#N)=C1C(=C2/C/C(=C(/C#N)C(=O)OCC)c3ccccc32)/C(=C(\C#N)C(=O)OCC)c2ccccc2/1. The third-order valence-electron chi connectivity index (χ3n) is 6.77. The molecule has 9 heteroatoms. The van der Waals surface area contributed by atoms with Gasteiger partial charge in [0.05, 0.1) is 19.8 Å². The lowest BCUT2D eigenvalue weighted by atomic mass is 9.89. The molecule has 0 radical (unpaired) electrons. The number of carbonyl (C=O) groups excluding carboxylic acids is 3. The predicted octanol–water partition coefficient (Wildman–Crippen LogP) is 5.08. The van der Waals surface area contributed by atoms with Gasteiger partial charge in [0, 0.05) is 17.6 Å². The van der Waals surface area contributed by atoms with Crippen molar-refractivity contribution in [2.45, 2.75) is 27.2 Å². The van der Waals surface area contributed by atoms with Crippen molar-refractivity contribution in [2.75, 3.05) is 19.8 Å². The summed E-state index contributed by atoms with van der Waals surface area (Å²) in [5, 5.41) is 30.4. The summed E-state index contributed by atoms with van der Waals surface area (Å²) in [6, 6.07) is 19.7. The zero-order valence-corrected chi connectivity index (χ0v) is 23.2. The summed E-state index contributed by atoms with van der Waals surface area (Å²) >= 11 is 0. The largest absolute Gasteiger partial charge is 0.462 e. The van der Waals surface area contributed by atoms with E-state index in [-0.39, 0.29) is 59.7 Å². The standard InChI is InChI=1S/C33H25N3O6/c1-4-40-31(37)25(16-34)23-15-24(20-12-8-7-11-19(20)23)30-28(26(17-35)32(38)41-5-2)21-13-9-10-14-22(21)29(30)27(18-36)33(39)42-6-3/h7-14H,4-6,15H2,1-3H3/b25-23+,28-26-,29-27+,30-24+. The van der Waals surface area contributed by atoms with Crippen molar-refractivity contribution in [1.29, 1.82) is 15.8 Å². The Hall–Kier alpha value is -5.72. The van der Waals surface area contributed by atoms with Gasteiger partial charge in [0.1, 0.15) is 34.9 Å². The quantitative estimate of drug-likeness (QED) is 0.204. The Balaban J connectivity index is 2.24. The van der Waals surface area contributed by atoms with Gasteiger partial charge in [-0.1, -0.05) is 48.5 Å². The van der Waals surface area contributed by atoms with Gasteiger partial charge in [-0.3, -0.25) is 0 Å². The van der Waals surface area contributed by atoms with E-state index in [4.69, 9.17) is 14.2 Å². The fraction of sp³-hybridized carbons (Fsp3) is 0.212. The third-order valence-corrected chi connectivity index (χ3v) is 6.77. The minimum absolute atomic E-state index is 0.0143. The Morgan fingerprint density at radius 1 is 0.619 bits per heavy atom. The molecule has 0 spiro atoms. The molecule has 0 N–H and O–H groups in total. The summed E-state index contributed by atoms with van der Waals surface area (Å²) in [5.74, 6) is -2.53. The minimum atomic E-state index is -0.870. The molecule has 9 nitrogen and oxygen atoms in total. The molecule has 0 heterocycles. The summed E-state index contributed by atoms with van der Waals surface area (Å²) < 4.78 is 15.6. The molecule has 0 aromatic heterocycles. The first-order valence-electron chi connectivity index (χ1n) is 13.2. The zero-order valence-electron chi connectivity index (χ0n) is 23.2. The molecule has 2 aromatic carbocycles. The molecule has 0 aliphatic heterocycles. The molecule has 0 bridgehead atoms. The molecule has 2 aliphatic carbocycles. The van der Waals surface area contributed by atoms with Crippen molar-refractivity contribution in [3.05, 3.63) is 93.1 Å². The molecule has 0 amide bonds. The first kappa shape index (κ1) is 29.3. The lowest BCUT2D eigenvalue weighted by molar-refractivity contribution is -0.138. The number of hydrogen-bond acceptors (Lipinski definition) is 9. The minimum Gasteiger partial charge on any atom is -0.462 e. The van der Waals surface area contributed by atoms with E-state index >= 15 is 0 Å². The Kier molecular flexibility index (Phi) is 8.81. The Morgan fingerprint density at radius 3 is 1.40 bits per heavy atom. The number of fused-ring (bicyclic) bond motifs is 2. The normalized spacial score (nSPS) is 18.4. The van der Waals surface area contributed by atoms with Crippen LogP contribution in [-0.2, 0) is 28.6 Å². The van der Waals surface area contributed by atoms with Gasteiger partial charge in [0.15, 0.2) is 0 Å². The van der Waals surface area contributed by atoms with Crippen LogP contribution in [0.15, 0.2) is 70.8 Å². The molecule has 0 unspecified atom stereocenters. The van der Waals surface area contributed by atoms with Crippen LogP contribution in [-0.4, -0.2) is 37.7 Å². The Bertz CT molecular complexity index is 1690. The number of hydrogen-bond donors (Lipinski definition) is 0. The van der Waals surface area contributed by atoms with Gasteiger partial charge in [0.2, 0.25) is 0 Å². The van der Waals surface area contributed by atoms with E-state index in [1.54, 1.807) is 69.3 Å². The smallest absolute Gasteiger partial charge is 0.349 e. The van der Waals surface area contributed by atoms with Crippen molar-refractivity contribution in [1.82, 2.24) is 0 Å². The average Bonchev–Trinajstić information content (AvgIpc) is 3.51.